The number of furan rings is 1. The summed E-state index contributed by atoms with van der Waals surface area (Å²) in [6.45, 7) is 6.32. The van der Waals surface area contributed by atoms with Crippen LogP contribution >= 0.6 is 0 Å². The van der Waals surface area contributed by atoms with Gasteiger partial charge in [0, 0.05) is 10.9 Å². The molecule has 0 spiro atoms. The van der Waals surface area contributed by atoms with Crippen molar-refractivity contribution in [1.29, 1.82) is 0 Å². The predicted molar refractivity (Wildman–Crippen MR) is 75.9 cm³/mol. The molecule has 0 unspecified atom stereocenters. The van der Waals surface area contributed by atoms with E-state index in [0.29, 0.717) is 0 Å². The summed E-state index contributed by atoms with van der Waals surface area (Å²) in [6, 6.07) is 14.9. The third-order valence-electron chi connectivity index (χ3n) is 3.32. The van der Waals surface area contributed by atoms with Gasteiger partial charge in [-0.15, -0.1) is 0 Å². The molecule has 3 aromatic rings. The molecular formula is C17H16O. The molecule has 1 heterocycles. The minimum atomic E-state index is 0.952. The Bertz CT molecular complexity index is 720. The third-order valence-corrected chi connectivity index (χ3v) is 3.32. The highest BCUT2D eigenvalue weighted by atomic mass is 16.3. The van der Waals surface area contributed by atoms with E-state index in [4.69, 9.17) is 4.42 Å². The van der Waals surface area contributed by atoms with Crippen LogP contribution in [0.25, 0.3) is 22.3 Å². The van der Waals surface area contributed by atoms with Crippen LogP contribution in [0.3, 0.4) is 0 Å². The van der Waals surface area contributed by atoms with E-state index in [1.165, 1.54) is 22.3 Å². The van der Waals surface area contributed by atoms with E-state index in [2.05, 4.69) is 63.2 Å². The van der Waals surface area contributed by atoms with Gasteiger partial charge in [-0.05, 0) is 44.0 Å². The van der Waals surface area contributed by atoms with Gasteiger partial charge < -0.3 is 4.42 Å². The molecule has 0 aliphatic carbocycles. The highest BCUT2D eigenvalue weighted by molar-refractivity contribution is 5.83. The zero-order chi connectivity index (χ0) is 12.7. The SMILES string of the molecule is Cc1ccc(-c2cc3ccc(C)cc3o2)c(C)c1. The predicted octanol–water partition coefficient (Wildman–Crippen LogP) is 5.03. The lowest BCUT2D eigenvalue weighted by Crippen LogP contribution is -1.82. The van der Waals surface area contributed by atoms with Crippen molar-refractivity contribution in [2.75, 3.05) is 0 Å². The second-order valence-corrected chi connectivity index (χ2v) is 4.97. The molecule has 0 saturated carbocycles. The van der Waals surface area contributed by atoms with Gasteiger partial charge in [-0.25, -0.2) is 0 Å². The standard InChI is InChI=1S/C17H16O/c1-11-5-7-15(13(3)8-11)17-10-14-6-4-12(2)9-16(14)18-17/h4-10H,1-3H3. The monoisotopic (exact) mass is 236 g/mol. The van der Waals surface area contributed by atoms with Gasteiger partial charge in [-0.2, -0.15) is 0 Å². The second-order valence-electron chi connectivity index (χ2n) is 4.97. The summed E-state index contributed by atoms with van der Waals surface area (Å²) in [5, 5.41) is 1.16. The fourth-order valence-corrected chi connectivity index (χ4v) is 2.36. The molecule has 0 N–H and O–H groups in total. The lowest BCUT2D eigenvalue weighted by atomic mass is 10.0. The fraction of sp³-hybridized carbons (Fsp3) is 0.176. The van der Waals surface area contributed by atoms with Crippen molar-refractivity contribution in [1.82, 2.24) is 0 Å². The van der Waals surface area contributed by atoms with Gasteiger partial charge in [0.1, 0.15) is 11.3 Å². The Morgan fingerprint density at radius 1 is 0.778 bits per heavy atom. The summed E-state index contributed by atoms with van der Waals surface area (Å²) in [4.78, 5) is 0. The van der Waals surface area contributed by atoms with Gasteiger partial charge in [0.15, 0.2) is 0 Å². The summed E-state index contributed by atoms with van der Waals surface area (Å²) in [7, 11) is 0. The van der Waals surface area contributed by atoms with Crippen molar-refractivity contribution in [3.8, 4) is 11.3 Å². The van der Waals surface area contributed by atoms with Crippen molar-refractivity contribution in [3.05, 3.63) is 59.2 Å². The van der Waals surface area contributed by atoms with Crippen molar-refractivity contribution in [2.24, 2.45) is 0 Å². The fourth-order valence-electron chi connectivity index (χ4n) is 2.36. The van der Waals surface area contributed by atoms with Crippen LogP contribution in [0.15, 0.2) is 46.9 Å². The lowest BCUT2D eigenvalue weighted by Gasteiger charge is -2.03. The number of rotatable bonds is 1. The molecule has 0 bridgehead atoms. The molecule has 1 aromatic heterocycles. The molecule has 0 saturated heterocycles. The van der Waals surface area contributed by atoms with E-state index < -0.39 is 0 Å². The molecule has 3 rings (SSSR count). The van der Waals surface area contributed by atoms with Gasteiger partial charge in [0.05, 0.1) is 0 Å². The van der Waals surface area contributed by atoms with Crippen LogP contribution in [0.1, 0.15) is 16.7 Å². The van der Waals surface area contributed by atoms with Gasteiger partial charge >= 0.3 is 0 Å². The largest absolute Gasteiger partial charge is 0.456 e. The normalized spacial score (nSPS) is 11.1. The zero-order valence-electron chi connectivity index (χ0n) is 10.9. The minimum Gasteiger partial charge on any atom is -0.456 e. The van der Waals surface area contributed by atoms with Gasteiger partial charge in [0.25, 0.3) is 0 Å². The summed E-state index contributed by atoms with van der Waals surface area (Å²) in [6.07, 6.45) is 0. The van der Waals surface area contributed by atoms with Crippen LogP contribution < -0.4 is 0 Å². The van der Waals surface area contributed by atoms with Gasteiger partial charge in [-0.3, -0.25) is 0 Å². The molecule has 1 heteroatoms. The first-order valence-electron chi connectivity index (χ1n) is 6.21. The number of hydrogen-bond donors (Lipinski definition) is 0. The molecule has 1 nitrogen and oxygen atoms in total. The van der Waals surface area contributed by atoms with Gasteiger partial charge in [0.2, 0.25) is 0 Å². The number of aryl methyl sites for hydroxylation is 3. The average molecular weight is 236 g/mol. The van der Waals surface area contributed by atoms with Gasteiger partial charge in [-0.1, -0.05) is 35.9 Å². The number of fused-ring (bicyclic) bond motifs is 1. The Morgan fingerprint density at radius 2 is 1.50 bits per heavy atom. The minimum absolute atomic E-state index is 0.952. The molecule has 0 atom stereocenters. The Morgan fingerprint density at radius 3 is 2.28 bits per heavy atom. The molecule has 90 valence electrons. The Labute approximate surface area is 107 Å². The summed E-state index contributed by atoms with van der Waals surface area (Å²) < 4.78 is 5.96. The molecule has 18 heavy (non-hydrogen) atoms. The molecule has 2 aromatic carbocycles. The Kier molecular flexibility index (Phi) is 2.48. The maximum atomic E-state index is 5.96. The number of benzene rings is 2. The van der Waals surface area contributed by atoms with Crippen molar-refractivity contribution in [3.63, 3.8) is 0 Å². The highest BCUT2D eigenvalue weighted by Crippen LogP contribution is 2.30. The van der Waals surface area contributed by atoms with Crippen molar-refractivity contribution >= 4 is 11.0 Å². The van der Waals surface area contributed by atoms with Crippen LogP contribution in [-0.2, 0) is 0 Å². The third kappa shape index (κ3) is 1.82. The van der Waals surface area contributed by atoms with Crippen LogP contribution in [0.5, 0.6) is 0 Å². The number of hydrogen-bond acceptors (Lipinski definition) is 1. The molecule has 0 amide bonds. The maximum absolute atomic E-state index is 5.96. The maximum Gasteiger partial charge on any atom is 0.135 e. The van der Waals surface area contributed by atoms with E-state index in [1.54, 1.807) is 0 Å². The van der Waals surface area contributed by atoms with E-state index in [0.717, 1.165) is 16.7 Å². The molecule has 0 fully saturated rings. The smallest absolute Gasteiger partial charge is 0.135 e. The second kappa shape index (κ2) is 4.02. The van der Waals surface area contributed by atoms with E-state index in [1.807, 2.05) is 0 Å². The van der Waals surface area contributed by atoms with Crippen LogP contribution in [0, 0.1) is 20.8 Å². The molecular weight excluding hydrogens is 220 g/mol. The lowest BCUT2D eigenvalue weighted by molar-refractivity contribution is 0.631. The van der Waals surface area contributed by atoms with Crippen LogP contribution in [0.2, 0.25) is 0 Å². The quantitative estimate of drug-likeness (QED) is 0.578. The van der Waals surface area contributed by atoms with Crippen LogP contribution in [-0.4, -0.2) is 0 Å². The Hall–Kier alpha value is -2.02. The summed E-state index contributed by atoms with van der Waals surface area (Å²) >= 11 is 0. The van der Waals surface area contributed by atoms with Crippen LogP contribution in [0.4, 0.5) is 0 Å². The first-order chi connectivity index (χ1) is 8.63. The first kappa shape index (κ1) is 11.1. The summed E-state index contributed by atoms with van der Waals surface area (Å²) in [5.74, 6) is 0.952. The van der Waals surface area contributed by atoms with E-state index in [9.17, 15) is 0 Å². The highest BCUT2D eigenvalue weighted by Gasteiger charge is 2.08. The Balaban J connectivity index is 2.19. The molecule has 0 aliphatic heterocycles. The average Bonchev–Trinajstić information content (AvgIpc) is 2.71. The van der Waals surface area contributed by atoms with Crippen molar-refractivity contribution < 1.29 is 4.42 Å². The van der Waals surface area contributed by atoms with Crippen molar-refractivity contribution in [2.45, 2.75) is 20.8 Å². The summed E-state index contributed by atoms with van der Waals surface area (Å²) in [5.41, 5.74) is 5.90. The van der Waals surface area contributed by atoms with E-state index >= 15 is 0 Å². The molecule has 0 aliphatic rings. The zero-order valence-corrected chi connectivity index (χ0v) is 10.9. The molecule has 0 radical (unpaired) electrons. The van der Waals surface area contributed by atoms with E-state index in [-0.39, 0.29) is 0 Å². The first-order valence-corrected chi connectivity index (χ1v) is 6.21. The topological polar surface area (TPSA) is 13.1 Å².